The van der Waals surface area contributed by atoms with Gasteiger partial charge in [0.2, 0.25) is 0 Å². The number of ether oxygens (including phenoxy) is 1. The lowest BCUT2D eigenvalue weighted by Crippen LogP contribution is -2.31. The number of Topliss-reactive ketones (excluding diaryl/α,β-unsaturated/α-hetero) is 1. The second kappa shape index (κ2) is 7.24. The lowest BCUT2D eigenvalue weighted by Gasteiger charge is -2.20. The predicted molar refractivity (Wildman–Crippen MR) is 80.0 cm³/mol. The molecule has 1 aromatic carbocycles. The molecule has 0 fully saturated rings. The monoisotopic (exact) mass is 307 g/mol. The fourth-order valence-electron chi connectivity index (χ4n) is 1.69. The summed E-state index contributed by atoms with van der Waals surface area (Å²) in [7, 11) is 0. The van der Waals surface area contributed by atoms with Gasteiger partial charge in [0.15, 0.2) is 11.2 Å². The van der Waals surface area contributed by atoms with Gasteiger partial charge < -0.3 is 4.74 Å². The van der Waals surface area contributed by atoms with Gasteiger partial charge in [0.1, 0.15) is 0 Å². The highest BCUT2D eigenvalue weighted by Crippen LogP contribution is 2.26. The number of benzene rings is 1. The van der Waals surface area contributed by atoms with Gasteiger partial charge in [0, 0.05) is 17.0 Å². The number of nitriles is 1. The molecule has 0 aliphatic rings. The van der Waals surface area contributed by atoms with E-state index < -0.39 is 11.4 Å². The van der Waals surface area contributed by atoms with Gasteiger partial charge in [-0.25, -0.2) is 0 Å². The first kappa shape index (κ1) is 17.2. The van der Waals surface area contributed by atoms with E-state index in [2.05, 4.69) is 0 Å². The molecule has 0 spiro atoms. The molecule has 5 heteroatoms. The molecular formula is C16H18ClNO3. The van der Waals surface area contributed by atoms with Crippen LogP contribution in [0.4, 0.5) is 0 Å². The molecule has 0 bridgehead atoms. The van der Waals surface area contributed by atoms with E-state index in [1.54, 1.807) is 38.1 Å². The van der Waals surface area contributed by atoms with Crippen LogP contribution in [-0.2, 0) is 9.53 Å². The van der Waals surface area contributed by atoms with Crippen molar-refractivity contribution in [2.75, 3.05) is 0 Å². The van der Waals surface area contributed by atoms with Gasteiger partial charge in [0.25, 0.3) is 0 Å². The van der Waals surface area contributed by atoms with Crippen LogP contribution in [0.15, 0.2) is 24.3 Å². The van der Waals surface area contributed by atoms with E-state index in [0.717, 1.165) is 0 Å². The SMILES string of the molecule is CC(C)OC(=O)[C@@](C)(C#N)CCC(=O)c1ccc(Cl)cc1. The molecule has 112 valence electrons. The van der Waals surface area contributed by atoms with Crippen molar-refractivity contribution in [3.8, 4) is 6.07 Å². The maximum absolute atomic E-state index is 12.1. The molecule has 0 amide bonds. The summed E-state index contributed by atoms with van der Waals surface area (Å²) in [6, 6.07) is 8.46. The number of esters is 1. The summed E-state index contributed by atoms with van der Waals surface area (Å²) in [5.41, 5.74) is -0.802. The average Bonchev–Trinajstić information content (AvgIpc) is 2.44. The number of halogens is 1. The second-order valence-corrected chi connectivity index (χ2v) is 5.76. The molecule has 4 nitrogen and oxygen atoms in total. The van der Waals surface area contributed by atoms with E-state index in [1.165, 1.54) is 6.92 Å². The smallest absolute Gasteiger partial charge is 0.326 e. The van der Waals surface area contributed by atoms with E-state index in [4.69, 9.17) is 16.3 Å². The van der Waals surface area contributed by atoms with Crippen molar-refractivity contribution in [1.29, 1.82) is 5.26 Å². The van der Waals surface area contributed by atoms with Crippen molar-refractivity contribution in [1.82, 2.24) is 0 Å². The van der Waals surface area contributed by atoms with Gasteiger partial charge in [0.05, 0.1) is 12.2 Å². The summed E-state index contributed by atoms with van der Waals surface area (Å²) < 4.78 is 5.07. The van der Waals surface area contributed by atoms with Crippen molar-refractivity contribution in [3.63, 3.8) is 0 Å². The Morgan fingerprint density at radius 3 is 2.38 bits per heavy atom. The van der Waals surface area contributed by atoms with E-state index >= 15 is 0 Å². The highest BCUT2D eigenvalue weighted by atomic mass is 35.5. The zero-order valence-corrected chi connectivity index (χ0v) is 13.1. The van der Waals surface area contributed by atoms with Crippen LogP contribution in [0.25, 0.3) is 0 Å². The number of hydrogen-bond donors (Lipinski definition) is 0. The Kier molecular flexibility index (Phi) is 5.92. The molecule has 0 radical (unpaired) electrons. The molecule has 1 atom stereocenters. The molecule has 1 aromatic rings. The van der Waals surface area contributed by atoms with Crippen LogP contribution in [0.2, 0.25) is 5.02 Å². The minimum absolute atomic E-state index is 0.0961. The lowest BCUT2D eigenvalue weighted by molar-refractivity contribution is -0.155. The fraction of sp³-hybridized carbons (Fsp3) is 0.438. The third kappa shape index (κ3) is 4.87. The van der Waals surface area contributed by atoms with Crippen LogP contribution < -0.4 is 0 Å². The van der Waals surface area contributed by atoms with Gasteiger partial charge in [-0.15, -0.1) is 0 Å². The van der Waals surface area contributed by atoms with Gasteiger partial charge in [-0.1, -0.05) is 11.6 Å². The first-order valence-electron chi connectivity index (χ1n) is 6.69. The molecule has 0 heterocycles. The highest BCUT2D eigenvalue weighted by Gasteiger charge is 2.36. The Morgan fingerprint density at radius 1 is 1.33 bits per heavy atom. The topological polar surface area (TPSA) is 67.2 Å². The summed E-state index contributed by atoms with van der Waals surface area (Å²) in [5.74, 6) is -0.727. The van der Waals surface area contributed by atoms with Gasteiger partial charge in [-0.3, -0.25) is 9.59 Å². The van der Waals surface area contributed by atoms with E-state index in [1.807, 2.05) is 6.07 Å². The Balaban J connectivity index is 2.71. The van der Waals surface area contributed by atoms with Crippen molar-refractivity contribution in [2.45, 2.75) is 39.7 Å². The first-order valence-corrected chi connectivity index (χ1v) is 7.07. The number of ketones is 1. The third-order valence-corrected chi connectivity index (χ3v) is 3.31. The van der Waals surface area contributed by atoms with E-state index in [-0.39, 0.29) is 24.7 Å². The summed E-state index contributed by atoms with van der Waals surface area (Å²) in [6.45, 7) is 4.93. The number of carbonyl (C=O) groups excluding carboxylic acids is 2. The Bertz CT molecular complexity index is 560. The largest absolute Gasteiger partial charge is 0.462 e. The number of carbonyl (C=O) groups is 2. The quantitative estimate of drug-likeness (QED) is 0.592. The molecule has 0 N–H and O–H groups in total. The predicted octanol–water partition coefficient (Wildman–Crippen LogP) is 3.78. The van der Waals surface area contributed by atoms with Crippen LogP contribution in [0, 0.1) is 16.7 Å². The Morgan fingerprint density at radius 2 is 1.90 bits per heavy atom. The fourth-order valence-corrected chi connectivity index (χ4v) is 1.82. The van der Waals surface area contributed by atoms with Gasteiger partial charge in [-0.05, 0) is 51.5 Å². The molecule has 0 aromatic heterocycles. The van der Waals surface area contributed by atoms with Crippen molar-refractivity contribution in [3.05, 3.63) is 34.9 Å². The molecule has 0 saturated heterocycles. The standard InChI is InChI=1S/C16H18ClNO3/c1-11(2)21-15(20)16(3,10-18)9-8-14(19)12-4-6-13(17)7-5-12/h4-7,11H,8-9H2,1-3H3/t16-/m1/s1. The van der Waals surface area contributed by atoms with Crippen LogP contribution in [0.5, 0.6) is 0 Å². The molecule has 0 aliphatic carbocycles. The zero-order chi connectivity index (χ0) is 16.0. The second-order valence-electron chi connectivity index (χ2n) is 5.33. The van der Waals surface area contributed by atoms with Crippen molar-refractivity contribution in [2.24, 2.45) is 5.41 Å². The summed E-state index contributed by atoms with van der Waals surface area (Å²) >= 11 is 5.76. The molecule has 21 heavy (non-hydrogen) atoms. The molecule has 0 aliphatic heterocycles. The van der Waals surface area contributed by atoms with Crippen molar-refractivity contribution >= 4 is 23.4 Å². The first-order chi connectivity index (χ1) is 9.78. The van der Waals surface area contributed by atoms with Gasteiger partial charge in [-0.2, -0.15) is 5.26 Å². The van der Waals surface area contributed by atoms with Gasteiger partial charge >= 0.3 is 5.97 Å². The molecule has 0 saturated carbocycles. The lowest BCUT2D eigenvalue weighted by atomic mass is 9.85. The van der Waals surface area contributed by atoms with Crippen LogP contribution >= 0.6 is 11.6 Å². The maximum Gasteiger partial charge on any atom is 0.326 e. The van der Waals surface area contributed by atoms with Crippen molar-refractivity contribution < 1.29 is 14.3 Å². The molecule has 0 unspecified atom stereocenters. The average molecular weight is 308 g/mol. The molecular weight excluding hydrogens is 290 g/mol. The number of hydrogen-bond acceptors (Lipinski definition) is 4. The minimum atomic E-state index is -1.31. The third-order valence-electron chi connectivity index (χ3n) is 3.06. The maximum atomic E-state index is 12.1. The van der Waals surface area contributed by atoms with Crippen LogP contribution in [0.1, 0.15) is 44.0 Å². The Labute approximate surface area is 129 Å². The van der Waals surface area contributed by atoms with E-state index in [0.29, 0.717) is 10.6 Å². The highest BCUT2D eigenvalue weighted by molar-refractivity contribution is 6.30. The Hall–Kier alpha value is -1.86. The van der Waals surface area contributed by atoms with E-state index in [9.17, 15) is 14.9 Å². The normalized spacial score (nSPS) is 13.3. The minimum Gasteiger partial charge on any atom is -0.462 e. The summed E-state index contributed by atoms with van der Waals surface area (Å²) in [6.07, 6.45) is -0.0767. The van der Waals surface area contributed by atoms with Crippen LogP contribution in [0.3, 0.4) is 0 Å². The van der Waals surface area contributed by atoms with Crippen LogP contribution in [-0.4, -0.2) is 17.9 Å². The zero-order valence-electron chi connectivity index (χ0n) is 12.4. The number of rotatable bonds is 6. The number of nitrogens with zero attached hydrogens (tertiary/aromatic N) is 1. The molecule has 1 rings (SSSR count). The summed E-state index contributed by atoms with van der Waals surface area (Å²) in [4.78, 5) is 24.0. The summed E-state index contributed by atoms with van der Waals surface area (Å²) in [5, 5.41) is 9.76.